The Balaban J connectivity index is 0.000000698. The second kappa shape index (κ2) is 12.8. The van der Waals surface area contributed by atoms with E-state index in [0.717, 1.165) is 0 Å². The van der Waals surface area contributed by atoms with E-state index < -0.39 is 17.2 Å². The molecule has 0 bridgehead atoms. The fraction of sp³-hybridized carbons (Fsp3) is 0.406. The van der Waals surface area contributed by atoms with Crippen LogP contribution < -0.4 is 15.4 Å². The molecule has 2 aromatic carbocycles. The zero-order valence-corrected chi connectivity index (χ0v) is 25.4. The Kier molecular flexibility index (Phi) is 9.14. The van der Waals surface area contributed by atoms with Gasteiger partial charge in [-0.3, -0.25) is 0 Å². The molecule has 10 nitrogen and oxygen atoms in total. The van der Waals surface area contributed by atoms with E-state index >= 15 is 4.39 Å². The highest BCUT2D eigenvalue weighted by atomic mass is 19.1. The number of fused-ring (bicyclic) bond motifs is 2. The molecule has 2 saturated heterocycles. The Labute approximate surface area is 254 Å². The Morgan fingerprint density at radius 2 is 1.89 bits per heavy atom. The number of aromatic nitrogens is 3. The number of likely N-dealkylation sites (tertiary alicyclic amines) is 1. The number of nitrogens with zero attached hydrogens (tertiary/aromatic N) is 5. The van der Waals surface area contributed by atoms with Crippen molar-refractivity contribution in [2.24, 2.45) is 5.73 Å². The number of benzene rings is 2. The number of aromatic hydroxyl groups is 1. The largest absolute Gasteiger partial charge is 0.508 e. The third kappa shape index (κ3) is 6.23. The first-order valence-corrected chi connectivity index (χ1v) is 14.6. The minimum absolute atomic E-state index is 0.0953. The first-order chi connectivity index (χ1) is 21.1. The van der Waals surface area contributed by atoms with Gasteiger partial charge in [0.1, 0.15) is 34.2 Å². The van der Waals surface area contributed by atoms with Crippen LogP contribution in [0.4, 0.5) is 14.6 Å². The first-order valence-electron chi connectivity index (χ1n) is 14.6. The second-order valence-electron chi connectivity index (χ2n) is 11.4. The summed E-state index contributed by atoms with van der Waals surface area (Å²) in [6.45, 7) is 7.01. The van der Waals surface area contributed by atoms with E-state index in [9.17, 15) is 14.6 Å². The number of halogens is 2. The van der Waals surface area contributed by atoms with Crippen molar-refractivity contribution in [2.45, 2.75) is 32.3 Å². The third-order valence-electron chi connectivity index (χ3n) is 7.80. The van der Waals surface area contributed by atoms with Gasteiger partial charge in [0, 0.05) is 12.1 Å². The molecule has 2 fully saturated rings. The molecule has 234 valence electrons. The maximum absolute atomic E-state index is 16.5. The fourth-order valence-corrected chi connectivity index (χ4v) is 5.56. The number of rotatable bonds is 5. The van der Waals surface area contributed by atoms with Crippen LogP contribution in [0.15, 0.2) is 30.5 Å². The number of ether oxygens (including phenoxy) is 2. The van der Waals surface area contributed by atoms with Gasteiger partial charge < -0.3 is 35.2 Å². The molecule has 0 radical (unpaired) electrons. The van der Waals surface area contributed by atoms with Crippen molar-refractivity contribution in [2.75, 3.05) is 58.5 Å². The van der Waals surface area contributed by atoms with Gasteiger partial charge in [0.25, 0.3) is 0 Å². The number of β-amino-alcohol motifs (C(OH)–C–C–N with tert-alkyl or cyclic N) is 1. The molecule has 44 heavy (non-hydrogen) atoms. The van der Waals surface area contributed by atoms with Gasteiger partial charge in [-0.1, -0.05) is 13.0 Å². The number of methoxy groups -OCH3 is 1. The standard InChI is InChI=1S/C28H29F2N5O4.C4H9N/c1-4-17-19(29)6-5-15-11-16(36)12-18(21(15)17)24-23(30)25-22(20(32-24)7-8-31)26(34-27(33-25)38-3)35-9-10-39-14-28(2,37)13-35;1-5-3-2-4-5/h5-8,11-12,36-37H,4,9-10,13-14,31H2,1-3H3;2-4H2,1H3/b8-7-;. The van der Waals surface area contributed by atoms with Crippen LogP contribution in [0, 0.1) is 11.6 Å². The minimum Gasteiger partial charge on any atom is -0.508 e. The Morgan fingerprint density at radius 3 is 2.52 bits per heavy atom. The minimum atomic E-state index is -1.20. The Bertz CT molecular complexity index is 1710. The van der Waals surface area contributed by atoms with E-state index in [1.807, 2.05) is 0 Å². The molecule has 4 N–H and O–H groups in total. The van der Waals surface area contributed by atoms with Crippen LogP contribution in [0.5, 0.6) is 11.8 Å². The van der Waals surface area contributed by atoms with E-state index in [1.54, 1.807) is 18.7 Å². The molecule has 2 aliphatic heterocycles. The highest BCUT2D eigenvalue weighted by molar-refractivity contribution is 6.03. The zero-order chi connectivity index (χ0) is 31.6. The van der Waals surface area contributed by atoms with Gasteiger partial charge in [-0.15, -0.1) is 0 Å². The number of hydrogen-bond donors (Lipinski definition) is 3. The predicted molar refractivity (Wildman–Crippen MR) is 167 cm³/mol. The van der Waals surface area contributed by atoms with Crippen molar-refractivity contribution < 1.29 is 28.5 Å². The summed E-state index contributed by atoms with van der Waals surface area (Å²) in [7, 11) is 3.51. The SMILES string of the molecule is CCc1c(F)ccc2cc(O)cc(-c3nc(/C=C\N)c4c(N5CCOCC(C)(O)C5)nc(OC)nc4c3F)c12.CN1CCC1. The van der Waals surface area contributed by atoms with Gasteiger partial charge in [0.15, 0.2) is 5.82 Å². The van der Waals surface area contributed by atoms with E-state index in [1.165, 1.54) is 63.2 Å². The number of anilines is 1. The van der Waals surface area contributed by atoms with E-state index in [0.29, 0.717) is 35.9 Å². The van der Waals surface area contributed by atoms with E-state index in [4.69, 9.17) is 15.2 Å². The second-order valence-corrected chi connectivity index (χ2v) is 11.4. The monoisotopic (exact) mass is 608 g/mol. The molecule has 1 unspecified atom stereocenters. The van der Waals surface area contributed by atoms with Crippen molar-refractivity contribution in [1.29, 1.82) is 0 Å². The summed E-state index contributed by atoms with van der Waals surface area (Å²) in [6, 6.07) is 5.61. The van der Waals surface area contributed by atoms with Crippen LogP contribution in [0.3, 0.4) is 0 Å². The lowest BCUT2D eigenvalue weighted by molar-refractivity contribution is -0.0123. The normalized spacial score (nSPS) is 19.1. The summed E-state index contributed by atoms with van der Waals surface area (Å²) in [4.78, 5) is 17.5. The summed E-state index contributed by atoms with van der Waals surface area (Å²) < 4.78 is 42.2. The number of nitrogens with two attached hydrogens (primary N) is 1. The lowest BCUT2D eigenvalue weighted by Gasteiger charge is -2.29. The van der Waals surface area contributed by atoms with Crippen molar-refractivity contribution in [3.05, 3.63) is 53.4 Å². The molecule has 4 aromatic rings. The molecule has 4 heterocycles. The predicted octanol–water partition coefficient (Wildman–Crippen LogP) is 4.24. The maximum atomic E-state index is 16.5. The molecule has 2 aliphatic rings. The number of aliphatic hydroxyl groups is 1. The summed E-state index contributed by atoms with van der Waals surface area (Å²) in [6.07, 6.45) is 4.50. The molecule has 0 aliphatic carbocycles. The lowest BCUT2D eigenvalue weighted by atomic mass is 9.94. The number of hydrogen-bond acceptors (Lipinski definition) is 10. The van der Waals surface area contributed by atoms with Crippen molar-refractivity contribution in [1.82, 2.24) is 19.9 Å². The van der Waals surface area contributed by atoms with E-state index in [2.05, 4.69) is 26.9 Å². The van der Waals surface area contributed by atoms with Gasteiger partial charge >= 0.3 is 6.01 Å². The molecule has 2 aromatic heterocycles. The summed E-state index contributed by atoms with van der Waals surface area (Å²) in [5, 5.41) is 22.5. The molecule has 0 amide bonds. The zero-order valence-electron chi connectivity index (χ0n) is 25.4. The van der Waals surface area contributed by atoms with Gasteiger partial charge in [0.2, 0.25) is 0 Å². The van der Waals surface area contributed by atoms with Crippen molar-refractivity contribution in [3.8, 4) is 23.0 Å². The highest BCUT2D eigenvalue weighted by Crippen LogP contribution is 2.40. The van der Waals surface area contributed by atoms with E-state index in [-0.39, 0.29) is 58.6 Å². The van der Waals surface area contributed by atoms with Crippen molar-refractivity contribution >= 4 is 33.6 Å². The number of phenolic OH excluding ortho intramolecular Hbond substituents is 1. The molecule has 6 rings (SSSR count). The molecular formula is C32H38F2N6O4. The van der Waals surface area contributed by atoms with Crippen LogP contribution in [-0.4, -0.2) is 89.2 Å². The number of phenols is 1. The highest BCUT2D eigenvalue weighted by Gasteiger charge is 2.31. The van der Waals surface area contributed by atoms with Gasteiger partial charge in [0.05, 0.1) is 37.9 Å². The molecular weight excluding hydrogens is 570 g/mol. The first kappa shape index (κ1) is 31.3. The smallest absolute Gasteiger partial charge is 0.318 e. The Hall–Kier alpha value is -4.13. The van der Waals surface area contributed by atoms with Gasteiger partial charge in [-0.25, -0.2) is 13.8 Å². The maximum Gasteiger partial charge on any atom is 0.318 e. The van der Waals surface area contributed by atoms with Gasteiger partial charge in [-0.05, 0) is 86.7 Å². The quantitative estimate of drug-likeness (QED) is 0.303. The van der Waals surface area contributed by atoms with Gasteiger partial charge in [-0.2, -0.15) is 9.97 Å². The van der Waals surface area contributed by atoms with Crippen LogP contribution in [0.1, 0.15) is 31.5 Å². The molecule has 0 saturated carbocycles. The fourth-order valence-electron chi connectivity index (χ4n) is 5.56. The topological polar surface area (TPSA) is 130 Å². The molecule has 1 atom stereocenters. The molecule has 12 heteroatoms. The van der Waals surface area contributed by atoms with Crippen LogP contribution in [0.25, 0.3) is 39.0 Å². The Morgan fingerprint density at radius 1 is 1.14 bits per heavy atom. The summed E-state index contributed by atoms with van der Waals surface area (Å²) in [5.74, 6) is -1.09. The molecule has 0 spiro atoms. The number of pyridine rings is 1. The number of aryl methyl sites for hydroxylation is 1. The summed E-state index contributed by atoms with van der Waals surface area (Å²) in [5.41, 5.74) is 5.14. The van der Waals surface area contributed by atoms with Crippen LogP contribution in [0.2, 0.25) is 0 Å². The average molecular weight is 609 g/mol. The summed E-state index contributed by atoms with van der Waals surface area (Å²) >= 11 is 0. The van der Waals surface area contributed by atoms with Crippen molar-refractivity contribution in [3.63, 3.8) is 0 Å². The van der Waals surface area contributed by atoms with Crippen LogP contribution in [-0.2, 0) is 11.2 Å². The lowest BCUT2D eigenvalue weighted by Crippen LogP contribution is -2.42. The third-order valence-corrected chi connectivity index (χ3v) is 7.80. The average Bonchev–Trinajstić information content (AvgIpc) is 3.17. The van der Waals surface area contributed by atoms with Crippen LogP contribution >= 0.6 is 0 Å².